The van der Waals surface area contributed by atoms with Gasteiger partial charge in [-0.25, -0.2) is 13.6 Å². The van der Waals surface area contributed by atoms with E-state index in [1.807, 2.05) is 6.07 Å². The van der Waals surface area contributed by atoms with Crippen LogP contribution in [0.15, 0.2) is 18.2 Å². The van der Waals surface area contributed by atoms with Gasteiger partial charge in [-0.15, -0.1) is 5.10 Å². The molecular formula is C17H13F2N3O4. The third kappa shape index (κ3) is 3.01. The van der Waals surface area contributed by atoms with E-state index in [1.165, 1.54) is 32.2 Å². The maximum Gasteiger partial charge on any atom is 0.341 e. The zero-order chi connectivity index (χ0) is 19.1. The minimum atomic E-state index is -2.89. The van der Waals surface area contributed by atoms with Crippen LogP contribution in [0.2, 0.25) is 0 Å². The van der Waals surface area contributed by atoms with Crippen molar-refractivity contribution in [2.45, 2.75) is 25.2 Å². The average molecular weight is 361 g/mol. The number of halogens is 2. The van der Waals surface area contributed by atoms with Crippen LogP contribution in [-0.2, 0) is 0 Å². The highest BCUT2D eigenvalue weighted by Gasteiger charge is 2.59. The van der Waals surface area contributed by atoms with E-state index in [4.69, 9.17) is 14.7 Å². The minimum Gasteiger partial charge on any atom is -0.493 e. The molecule has 3 rings (SSSR count). The molecule has 0 radical (unpaired) electrons. The Bertz CT molecular complexity index is 940. The number of aromatic nitrogens is 2. The van der Waals surface area contributed by atoms with Crippen LogP contribution in [0, 0.1) is 18.3 Å². The normalized spacial score (nSPS) is 17.3. The molecule has 0 saturated heterocycles. The maximum atomic E-state index is 13.3. The van der Waals surface area contributed by atoms with Crippen LogP contribution in [0.1, 0.15) is 39.5 Å². The quantitative estimate of drug-likeness (QED) is 0.871. The summed E-state index contributed by atoms with van der Waals surface area (Å²) in [5, 5.41) is 25.8. The van der Waals surface area contributed by atoms with Crippen molar-refractivity contribution in [1.29, 1.82) is 5.26 Å². The second kappa shape index (κ2) is 6.22. The largest absolute Gasteiger partial charge is 0.493 e. The first kappa shape index (κ1) is 17.5. The maximum absolute atomic E-state index is 13.3. The molecule has 2 aromatic rings. The second-order valence-corrected chi connectivity index (χ2v) is 5.79. The van der Waals surface area contributed by atoms with Gasteiger partial charge in [-0.1, -0.05) is 0 Å². The van der Waals surface area contributed by atoms with Crippen LogP contribution < -0.4 is 9.47 Å². The minimum absolute atomic E-state index is 0.0495. The highest BCUT2D eigenvalue weighted by atomic mass is 19.3. The highest BCUT2D eigenvalue weighted by Crippen LogP contribution is 2.56. The van der Waals surface area contributed by atoms with Gasteiger partial charge in [-0.2, -0.15) is 10.4 Å². The molecule has 26 heavy (non-hydrogen) atoms. The monoisotopic (exact) mass is 361 g/mol. The Morgan fingerprint density at radius 3 is 2.62 bits per heavy atom. The van der Waals surface area contributed by atoms with Crippen molar-refractivity contribution in [2.75, 3.05) is 7.11 Å². The number of methoxy groups -OCH3 is 1. The lowest BCUT2D eigenvalue weighted by atomic mass is 10.1. The van der Waals surface area contributed by atoms with E-state index in [-0.39, 0.29) is 40.6 Å². The van der Waals surface area contributed by atoms with E-state index in [9.17, 15) is 18.7 Å². The molecule has 9 heteroatoms. The van der Waals surface area contributed by atoms with E-state index in [2.05, 4.69) is 10.2 Å². The molecule has 1 aromatic heterocycles. The van der Waals surface area contributed by atoms with Gasteiger partial charge in [0.1, 0.15) is 5.56 Å². The molecule has 1 aliphatic carbocycles. The molecule has 0 spiro atoms. The Labute approximate surface area is 146 Å². The fourth-order valence-electron chi connectivity index (χ4n) is 2.60. The predicted molar refractivity (Wildman–Crippen MR) is 83.8 cm³/mol. The van der Waals surface area contributed by atoms with Crippen molar-refractivity contribution in [3.63, 3.8) is 0 Å². The summed E-state index contributed by atoms with van der Waals surface area (Å²) < 4.78 is 37.3. The highest BCUT2D eigenvalue weighted by molar-refractivity contribution is 5.92. The summed E-state index contributed by atoms with van der Waals surface area (Å²) in [6, 6.07) is 6.22. The van der Waals surface area contributed by atoms with Crippen molar-refractivity contribution in [1.82, 2.24) is 10.2 Å². The summed E-state index contributed by atoms with van der Waals surface area (Å²) >= 11 is 0. The summed E-state index contributed by atoms with van der Waals surface area (Å²) in [4.78, 5) is 11.6. The number of carboxylic acids is 1. The van der Waals surface area contributed by atoms with Crippen LogP contribution in [0.5, 0.6) is 17.4 Å². The van der Waals surface area contributed by atoms with Gasteiger partial charge in [-0.3, -0.25) is 0 Å². The first-order valence-corrected chi connectivity index (χ1v) is 7.52. The van der Waals surface area contributed by atoms with Gasteiger partial charge >= 0.3 is 5.97 Å². The predicted octanol–water partition coefficient (Wildman–Crippen LogP) is 3.28. The first-order valence-electron chi connectivity index (χ1n) is 7.52. The number of aromatic carboxylic acids is 1. The lowest BCUT2D eigenvalue weighted by Crippen LogP contribution is -2.11. The zero-order valence-electron chi connectivity index (χ0n) is 13.8. The molecule has 1 aliphatic rings. The Morgan fingerprint density at radius 1 is 1.38 bits per heavy atom. The second-order valence-electron chi connectivity index (χ2n) is 5.79. The van der Waals surface area contributed by atoms with Crippen LogP contribution in [0.25, 0.3) is 0 Å². The Morgan fingerprint density at radius 2 is 2.08 bits per heavy atom. The van der Waals surface area contributed by atoms with Gasteiger partial charge < -0.3 is 14.6 Å². The number of carboxylic acid groups (broad SMARTS) is 1. The molecule has 134 valence electrons. The topological polar surface area (TPSA) is 105 Å². The number of nitriles is 1. The summed E-state index contributed by atoms with van der Waals surface area (Å²) in [6.45, 7) is 1.39. The van der Waals surface area contributed by atoms with Crippen LogP contribution in [0.3, 0.4) is 0 Å². The lowest BCUT2D eigenvalue weighted by Gasteiger charge is -2.13. The Kier molecular flexibility index (Phi) is 4.20. The van der Waals surface area contributed by atoms with Crippen molar-refractivity contribution in [2.24, 2.45) is 0 Å². The first-order chi connectivity index (χ1) is 12.3. The number of nitrogens with zero attached hydrogens (tertiary/aromatic N) is 3. The van der Waals surface area contributed by atoms with Crippen LogP contribution in [-0.4, -0.2) is 34.3 Å². The van der Waals surface area contributed by atoms with Gasteiger partial charge in [0, 0.05) is 12.5 Å². The molecule has 1 fully saturated rings. The van der Waals surface area contributed by atoms with Crippen molar-refractivity contribution in [3.8, 4) is 23.4 Å². The van der Waals surface area contributed by atoms with Gasteiger partial charge in [0.2, 0.25) is 0 Å². The van der Waals surface area contributed by atoms with Gasteiger partial charge in [0.15, 0.2) is 11.5 Å². The van der Waals surface area contributed by atoms with Gasteiger partial charge in [0.25, 0.3) is 11.8 Å². The number of ether oxygens (including phenoxy) is 2. The molecular weight excluding hydrogens is 348 g/mol. The molecule has 1 atom stereocenters. The molecule has 1 N–H and O–H groups in total. The number of rotatable bonds is 5. The standard InChI is InChI=1S/C17H13F2N3O4/c1-8-13(16(23)24)15(22-21-14(8)10-6-17(10,18)19)26-11-4-3-9(7-20)5-12(11)25-2/h3-5,10H,6H2,1-2H3,(H,23,24). The van der Waals surface area contributed by atoms with E-state index < -0.39 is 17.8 Å². The molecule has 1 saturated carbocycles. The van der Waals surface area contributed by atoms with Gasteiger partial charge in [-0.05, 0) is 24.6 Å². The summed E-state index contributed by atoms with van der Waals surface area (Å²) in [6.07, 6.45) is -0.384. The third-order valence-electron chi connectivity index (χ3n) is 4.09. The molecule has 7 nitrogen and oxygen atoms in total. The fraction of sp³-hybridized carbons (Fsp3) is 0.294. The lowest BCUT2D eigenvalue weighted by molar-refractivity contribution is 0.0690. The number of benzene rings is 1. The number of hydrogen-bond acceptors (Lipinski definition) is 6. The van der Waals surface area contributed by atoms with Gasteiger partial charge in [0.05, 0.1) is 30.4 Å². The summed E-state index contributed by atoms with van der Waals surface area (Å²) in [5.74, 6) is -5.43. The van der Waals surface area contributed by atoms with Crippen LogP contribution in [0.4, 0.5) is 8.78 Å². The fourth-order valence-corrected chi connectivity index (χ4v) is 2.60. The van der Waals surface area contributed by atoms with E-state index in [0.29, 0.717) is 5.56 Å². The number of hydrogen-bond donors (Lipinski definition) is 1. The van der Waals surface area contributed by atoms with Crippen molar-refractivity contribution < 1.29 is 28.2 Å². The molecule has 0 bridgehead atoms. The molecule has 1 aromatic carbocycles. The molecule has 1 heterocycles. The van der Waals surface area contributed by atoms with E-state index in [0.717, 1.165) is 0 Å². The SMILES string of the molecule is COc1cc(C#N)ccc1Oc1nnc(C2CC2(F)F)c(C)c1C(=O)O. The Hall–Kier alpha value is -3.28. The summed E-state index contributed by atoms with van der Waals surface area (Å²) in [7, 11) is 1.36. The Balaban J connectivity index is 2.02. The third-order valence-corrected chi connectivity index (χ3v) is 4.09. The number of alkyl halides is 2. The zero-order valence-corrected chi connectivity index (χ0v) is 13.8. The molecule has 0 amide bonds. The summed E-state index contributed by atoms with van der Waals surface area (Å²) in [5.41, 5.74) is 0.00850. The molecule has 0 aliphatic heterocycles. The average Bonchev–Trinajstić information content (AvgIpc) is 3.23. The number of carbonyl (C=O) groups is 1. The van der Waals surface area contributed by atoms with E-state index in [1.54, 1.807) is 0 Å². The van der Waals surface area contributed by atoms with Crippen LogP contribution >= 0.6 is 0 Å². The van der Waals surface area contributed by atoms with Crippen molar-refractivity contribution in [3.05, 3.63) is 40.6 Å². The van der Waals surface area contributed by atoms with E-state index >= 15 is 0 Å². The molecule has 1 unspecified atom stereocenters. The smallest absolute Gasteiger partial charge is 0.341 e. The van der Waals surface area contributed by atoms with Crippen molar-refractivity contribution >= 4 is 5.97 Å².